The number of hydrogen-bond donors (Lipinski definition) is 0. The van der Waals surface area contributed by atoms with Crippen molar-refractivity contribution in [3.8, 4) is 5.75 Å². The summed E-state index contributed by atoms with van der Waals surface area (Å²) in [5.74, 6) is -0.109. The molecule has 0 radical (unpaired) electrons. The molecule has 3 aromatic rings. The van der Waals surface area contributed by atoms with Gasteiger partial charge >= 0.3 is 5.97 Å². The molecule has 1 fully saturated rings. The van der Waals surface area contributed by atoms with Gasteiger partial charge in [0.05, 0.1) is 34.4 Å². The van der Waals surface area contributed by atoms with Crippen LogP contribution in [0.5, 0.6) is 5.75 Å². The first-order chi connectivity index (χ1) is 19.8. The van der Waals surface area contributed by atoms with Crippen LogP contribution in [0.2, 0.25) is 0 Å². The summed E-state index contributed by atoms with van der Waals surface area (Å²) in [6, 6.07) is 11.0. The number of para-hydroxylation sites is 1. The number of nitro groups is 1. The second-order valence-electron chi connectivity index (χ2n) is 9.65. The van der Waals surface area contributed by atoms with E-state index in [9.17, 15) is 19.7 Å². The number of esters is 1. The highest BCUT2D eigenvalue weighted by Gasteiger charge is 2.35. The first kappa shape index (κ1) is 28.2. The molecule has 3 heterocycles. The molecule has 0 aliphatic carbocycles. The fourth-order valence-corrected chi connectivity index (χ4v) is 6.26. The van der Waals surface area contributed by atoms with Crippen LogP contribution in [0.15, 0.2) is 63.5 Å². The van der Waals surface area contributed by atoms with E-state index >= 15 is 0 Å². The van der Waals surface area contributed by atoms with Crippen molar-refractivity contribution in [3.05, 3.63) is 94.7 Å². The second-order valence-corrected chi connectivity index (χ2v) is 10.7. The Kier molecular flexibility index (Phi) is 8.31. The van der Waals surface area contributed by atoms with Gasteiger partial charge in [-0.3, -0.25) is 19.5 Å². The molecule has 1 aromatic heterocycles. The first-order valence-corrected chi connectivity index (χ1v) is 14.0. The molecule has 1 atom stereocenters. The monoisotopic (exact) mass is 578 g/mol. The van der Waals surface area contributed by atoms with Crippen LogP contribution in [-0.4, -0.2) is 56.0 Å². The first-order valence-electron chi connectivity index (χ1n) is 13.2. The Morgan fingerprint density at radius 3 is 2.63 bits per heavy atom. The van der Waals surface area contributed by atoms with Crippen LogP contribution >= 0.6 is 11.3 Å². The van der Waals surface area contributed by atoms with Crippen molar-refractivity contribution in [2.75, 3.05) is 45.4 Å². The van der Waals surface area contributed by atoms with Crippen LogP contribution < -0.4 is 24.5 Å². The van der Waals surface area contributed by atoms with Gasteiger partial charge in [-0.1, -0.05) is 29.5 Å². The maximum atomic E-state index is 14.1. The van der Waals surface area contributed by atoms with Crippen LogP contribution in [0.3, 0.4) is 0 Å². The number of benzene rings is 2. The number of allylic oxidation sites excluding steroid dienone is 1. The number of fused-ring (bicyclic) bond motifs is 1. The van der Waals surface area contributed by atoms with Gasteiger partial charge in [-0.2, -0.15) is 0 Å². The standard InChI is InChI=1S/C29H30N4O7S/c1-18-25(28(35)40-15-14-38-2)26(21-8-4-5-9-23(21)39-3)32-27(34)24(41-29(32)30-18)17-19-16-20(33(36)37)10-11-22(19)31-12-6-7-13-31/h4-5,8-11,16-17,26H,6-7,12-15H2,1-3H3. The third kappa shape index (κ3) is 5.52. The van der Waals surface area contributed by atoms with E-state index < -0.39 is 16.9 Å². The summed E-state index contributed by atoms with van der Waals surface area (Å²) in [5, 5.41) is 11.6. The molecule has 214 valence electrons. The molecule has 0 spiro atoms. The van der Waals surface area contributed by atoms with Gasteiger partial charge in [0.25, 0.3) is 11.2 Å². The van der Waals surface area contributed by atoms with Gasteiger partial charge in [0, 0.05) is 49.1 Å². The normalized spacial score (nSPS) is 16.9. The van der Waals surface area contributed by atoms with Crippen LogP contribution in [0, 0.1) is 10.1 Å². The summed E-state index contributed by atoms with van der Waals surface area (Å²) in [5.41, 5.74) is 2.22. The number of carbonyl (C=O) groups excluding carboxylic acids is 1. The van der Waals surface area contributed by atoms with Crippen molar-refractivity contribution in [1.82, 2.24) is 4.57 Å². The smallest absolute Gasteiger partial charge is 0.338 e. The Labute approximate surface area is 239 Å². The van der Waals surface area contributed by atoms with E-state index in [-0.39, 0.29) is 30.0 Å². The average Bonchev–Trinajstić information content (AvgIpc) is 3.60. The number of anilines is 1. The lowest BCUT2D eigenvalue weighted by molar-refractivity contribution is -0.384. The summed E-state index contributed by atoms with van der Waals surface area (Å²) in [4.78, 5) is 45.8. The van der Waals surface area contributed by atoms with Gasteiger partial charge in [0.2, 0.25) is 0 Å². The number of non-ortho nitro benzene ring substituents is 1. The summed E-state index contributed by atoms with van der Waals surface area (Å²) in [6.07, 6.45) is 3.74. The van der Waals surface area contributed by atoms with E-state index in [1.165, 1.54) is 42.3 Å². The van der Waals surface area contributed by atoms with Gasteiger partial charge in [-0.05, 0) is 38.0 Å². The van der Waals surface area contributed by atoms with Crippen molar-refractivity contribution >= 4 is 34.8 Å². The Hall–Kier alpha value is -4.29. The van der Waals surface area contributed by atoms with Crippen LogP contribution in [0.4, 0.5) is 11.4 Å². The van der Waals surface area contributed by atoms with Crippen LogP contribution in [0.25, 0.3) is 6.08 Å². The number of nitrogens with zero attached hydrogens (tertiary/aromatic N) is 4. The SMILES string of the molecule is COCCOC(=O)C1=C(C)N=c2sc(=Cc3cc([N+](=O)[O-])ccc3N3CCCC3)c(=O)n2C1c1ccccc1OC. The molecule has 1 unspecified atom stereocenters. The molecule has 12 heteroatoms. The number of rotatable bonds is 9. The zero-order valence-corrected chi connectivity index (χ0v) is 23.8. The minimum absolute atomic E-state index is 0.0429. The number of aromatic nitrogens is 1. The lowest BCUT2D eigenvalue weighted by Crippen LogP contribution is -2.40. The highest BCUT2D eigenvalue weighted by atomic mass is 32.1. The molecule has 2 aliphatic heterocycles. The molecule has 5 rings (SSSR count). The summed E-state index contributed by atoms with van der Waals surface area (Å²) in [7, 11) is 3.04. The van der Waals surface area contributed by atoms with Gasteiger partial charge in [0.1, 0.15) is 18.4 Å². The third-order valence-electron chi connectivity index (χ3n) is 7.15. The fraction of sp³-hybridized carbons (Fsp3) is 0.345. The van der Waals surface area contributed by atoms with E-state index in [0.29, 0.717) is 31.9 Å². The van der Waals surface area contributed by atoms with Gasteiger partial charge in [-0.25, -0.2) is 9.79 Å². The molecule has 11 nitrogen and oxygen atoms in total. The highest BCUT2D eigenvalue weighted by molar-refractivity contribution is 7.07. The van der Waals surface area contributed by atoms with Crippen molar-refractivity contribution in [2.24, 2.45) is 4.99 Å². The number of carbonyl (C=O) groups is 1. The van der Waals surface area contributed by atoms with E-state index in [0.717, 1.165) is 31.6 Å². The third-order valence-corrected chi connectivity index (χ3v) is 8.13. The Balaban J connectivity index is 1.71. The van der Waals surface area contributed by atoms with Crippen molar-refractivity contribution in [2.45, 2.75) is 25.8 Å². The predicted octanol–water partition coefficient (Wildman–Crippen LogP) is 2.94. The van der Waals surface area contributed by atoms with Gasteiger partial charge < -0.3 is 19.1 Å². The van der Waals surface area contributed by atoms with E-state index in [2.05, 4.69) is 9.89 Å². The molecule has 0 saturated carbocycles. The minimum atomic E-state index is -0.859. The topological polar surface area (TPSA) is 126 Å². The zero-order valence-electron chi connectivity index (χ0n) is 23.0. The average molecular weight is 579 g/mol. The second kappa shape index (κ2) is 12.1. The summed E-state index contributed by atoms with van der Waals surface area (Å²) < 4.78 is 17.9. The highest BCUT2D eigenvalue weighted by Crippen LogP contribution is 2.36. The number of ether oxygens (including phenoxy) is 3. The molecule has 41 heavy (non-hydrogen) atoms. The molecule has 2 aliphatic rings. The minimum Gasteiger partial charge on any atom is -0.496 e. The Morgan fingerprint density at radius 1 is 1.17 bits per heavy atom. The van der Waals surface area contributed by atoms with Crippen LogP contribution in [0.1, 0.15) is 36.9 Å². The molecule has 2 aromatic carbocycles. The number of thiazole rings is 1. The molecule has 0 bridgehead atoms. The molecule has 0 N–H and O–H groups in total. The van der Waals surface area contributed by atoms with E-state index in [4.69, 9.17) is 14.2 Å². The van der Waals surface area contributed by atoms with E-state index in [1.807, 2.05) is 6.07 Å². The van der Waals surface area contributed by atoms with Crippen molar-refractivity contribution < 1.29 is 23.9 Å². The largest absolute Gasteiger partial charge is 0.496 e. The van der Waals surface area contributed by atoms with Gasteiger partial charge in [0.15, 0.2) is 4.80 Å². The maximum absolute atomic E-state index is 14.1. The Bertz CT molecular complexity index is 1700. The number of hydrogen-bond acceptors (Lipinski definition) is 10. The van der Waals surface area contributed by atoms with E-state index in [1.54, 1.807) is 37.3 Å². The maximum Gasteiger partial charge on any atom is 0.338 e. The molecular formula is C29H30N4O7S. The quantitative estimate of drug-likeness (QED) is 0.164. The number of methoxy groups -OCH3 is 2. The summed E-state index contributed by atoms with van der Waals surface area (Å²) >= 11 is 1.17. The van der Waals surface area contributed by atoms with Gasteiger partial charge in [-0.15, -0.1) is 0 Å². The predicted molar refractivity (Wildman–Crippen MR) is 154 cm³/mol. The Morgan fingerprint density at radius 2 is 1.93 bits per heavy atom. The zero-order chi connectivity index (χ0) is 29.1. The lowest BCUT2D eigenvalue weighted by Gasteiger charge is -2.26. The molecular weight excluding hydrogens is 548 g/mol. The summed E-state index contributed by atoms with van der Waals surface area (Å²) in [6.45, 7) is 3.64. The van der Waals surface area contributed by atoms with Crippen LogP contribution in [-0.2, 0) is 14.3 Å². The number of nitro benzene ring substituents is 1. The van der Waals surface area contributed by atoms with Crippen molar-refractivity contribution in [1.29, 1.82) is 0 Å². The van der Waals surface area contributed by atoms with Crippen molar-refractivity contribution in [3.63, 3.8) is 0 Å². The molecule has 1 saturated heterocycles. The molecule has 0 amide bonds. The fourth-order valence-electron chi connectivity index (χ4n) is 5.22. The lowest BCUT2D eigenvalue weighted by atomic mass is 9.95.